The van der Waals surface area contributed by atoms with Gasteiger partial charge in [-0.1, -0.05) is 143 Å². The first-order chi connectivity index (χ1) is 15.7. The maximum absolute atomic E-state index is 6.51. The Morgan fingerprint density at radius 1 is 0.562 bits per heavy atom. The summed E-state index contributed by atoms with van der Waals surface area (Å²) in [5.41, 5.74) is 3.06. The fourth-order valence-electron chi connectivity index (χ4n) is 5.34. The third-order valence-corrected chi connectivity index (χ3v) is 7.12. The molecule has 0 spiro atoms. The molecule has 3 aromatic carbocycles. The predicted molar refractivity (Wildman–Crippen MR) is 137 cm³/mol. The maximum atomic E-state index is 6.51. The van der Waals surface area contributed by atoms with E-state index in [-0.39, 0.29) is 5.60 Å². The van der Waals surface area contributed by atoms with Crippen molar-refractivity contribution in [2.75, 3.05) is 7.11 Å². The van der Waals surface area contributed by atoms with Gasteiger partial charge in [0.05, 0.1) is 11.0 Å². The van der Waals surface area contributed by atoms with Crippen LogP contribution in [0.4, 0.5) is 0 Å². The fraction of sp³-hybridized carbons (Fsp3) is 0.419. The van der Waals surface area contributed by atoms with Gasteiger partial charge in [-0.2, -0.15) is 0 Å². The zero-order valence-electron chi connectivity index (χ0n) is 20.2. The summed E-state index contributed by atoms with van der Waals surface area (Å²) in [5, 5.41) is 0. The van der Waals surface area contributed by atoms with Gasteiger partial charge in [-0.25, -0.2) is 0 Å². The third-order valence-electron chi connectivity index (χ3n) is 7.12. The first kappa shape index (κ1) is 24.3. The Morgan fingerprint density at radius 3 is 1.31 bits per heavy atom. The summed E-state index contributed by atoms with van der Waals surface area (Å²) in [7, 11) is 1.89. The highest BCUT2D eigenvalue weighted by atomic mass is 16.5. The van der Waals surface area contributed by atoms with E-state index < -0.39 is 5.41 Å². The molecule has 32 heavy (non-hydrogen) atoms. The van der Waals surface area contributed by atoms with E-state index in [1.54, 1.807) is 0 Å². The molecule has 170 valence electrons. The molecule has 0 radical (unpaired) electrons. The van der Waals surface area contributed by atoms with Gasteiger partial charge in [-0.3, -0.25) is 0 Å². The van der Waals surface area contributed by atoms with Gasteiger partial charge in [0.25, 0.3) is 0 Å². The van der Waals surface area contributed by atoms with E-state index >= 15 is 0 Å². The Balaban J connectivity index is 2.04. The molecule has 1 nitrogen and oxygen atoms in total. The number of benzene rings is 3. The minimum Gasteiger partial charge on any atom is -0.377 e. The second-order valence-corrected chi connectivity index (χ2v) is 9.15. The molecule has 0 aliphatic carbocycles. The molecule has 0 aliphatic rings. The van der Waals surface area contributed by atoms with Gasteiger partial charge < -0.3 is 4.74 Å². The lowest BCUT2D eigenvalue weighted by atomic mass is 9.58. The van der Waals surface area contributed by atoms with E-state index in [0.29, 0.717) is 0 Å². The second-order valence-electron chi connectivity index (χ2n) is 9.15. The summed E-state index contributed by atoms with van der Waals surface area (Å²) in [6.07, 6.45) is 10.1. The van der Waals surface area contributed by atoms with Crippen LogP contribution < -0.4 is 0 Å². The van der Waals surface area contributed by atoms with E-state index in [0.717, 1.165) is 6.42 Å². The Morgan fingerprint density at radius 2 is 0.938 bits per heavy atom. The molecule has 1 heteroatoms. The summed E-state index contributed by atoms with van der Waals surface area (Å²) >= 11 is 0. The molecule has 3 rings (SSSR count). The Bertz CT molecular complexity index is 791. The van der Waals surface area contributed by atoms with Gasteiger partial charge in [-0.15, -0.1) is 0 Å². The van der Waals surface area contributed by atoms with Crippen LogP contribution in [-0.4, -0.2) is 12.7 Å². The average molecular weight is 429 g/mol. The van der Waals surface area contributed by atoms with Crippen LogP contribution in [0, 0.1) is 0 Å². The van der Waals surface area contributed by atoms with E-state index in [1.807, 2.05) is 7.11 Å². The summed E-state index contributed by atoms with van der Waals surface area (Å²) in [6.45, 7) is 4.59. The first-order valence-corrected chi connectivity index (χ1v) is 12.4. The Hall–Kier alpha value is -2.38. The molecule has 0 aliphatic heterocycles. The van der Waals surface area contributed by atoms with E-state index in [4.69, 9.17) is 4.74 Å². The lowest BCUT2D eigenvalue weighted by molar-refractivity contribution is -0.0429. The molecule has 0 N–H and O–H groups in total. The predicted octanol–water partition coefficient (Wildman–Crippen LogP) is 8.57. The van der Waals surface area contributed by atoms with Gasteiger partial charge in [0.2, 0.25) is 0 Å². The van der Waals surface area contributed by atoms with E-state index in [2.05, 4.69) is 105 Å². The van der Waals surface area contributed by atoms with Crippen molar-refractivity contribution in [3.8, 4) is 0 Å². The Labute approximate surface area is 195 Å². The zero-order valence-corrected chi connectivity index (χ0v) is 20.2. The van der Waals surface area contributed by atoms with Gasteiger partial charge >= 0.3 is 0 Å². The highest BCUT2D eigenvalue weighted by Crippen LogP contribution is 2.51. The molecular formula is C31H40O. The molecule has 0 fully saturated rings. The average Bonchev–Trinajstić information content (AvgIpc) is 2.86. The van der Waals surface area contributed by atoms with Crippen molar-refractivity contribution in [3.05, 3.63) is 108 Å². The van der Waals surface area contributed by atoms with Crippen LogP contribution in [0.1, 0.15) is 81.9 Å². The van der Waals surface area contributed by atoms with Crippen molar-refractivity contribution in [1.82, 2.24) is 0 Å². The zero-order chi connectivity index (χ0) is 22.7. The molecule has 0 saturated carbocycles. The third kappa shape index (κ3) is 5.15. The van der Waals surface area contributed by atoms with Gasteiger partial charge in [0.15, 0.2) is 0 Å². The Kier molecular flexibility index (Phi) is 9.11. The molecule has 1 atom stereocenters. The number of hydrogen-bond acceptors (Lipinski definition) is 1. The summed E-state index contributed by atoms with van der Waals surface area (Å²) < 4.78 is 6.51. The molecule has 0 amide bonds. The van der Waals surface area contributed by atoms with Gasteiger partial charge in [0, 0.05) is 7.11 Å². The second kappa shape index (κ2) is 12.0. The topological polar surface area (TPSA) is 9.23 Å². The van der Waals surface area contributed by atoms with E-state index in [9.17, 15) is 0 Å². The normalized spacial score (nSPS) is 13.6. The number of hydrogen-bond donors (Lipinski definition) is 0. The van der Waals surface area contributed by atoms with Crippen LogP contribution in [-0.2, 0) is 10.2 Å². The highest BCUT2D eigenvalue weighted by molar-refractivity contribution is 5.54. The van der Waals surface area contributed by atoms with E-state index in [1.165, 1.54) is 61.6 Å². The van der Waals surface area contributed by atoms with Crippen LogP contribution in [0.5, 0.6) is 0 Å². The molecule has 0 aromatic heterocycles. The SMILES string of the molecule is CCCCCCCCCC(C)(OC)C(c1ccccc1)(c1ccccc1)c1ccccc1. The van der Waals surface area contributed by atoms with Crippen molar-refractivity contribution >= 4 is 0 Å². The van der Waals surface area contributed by atoms with Crippen molar-refractivity contribution < 1.29 is 4.74 Å². The summed E-state index contributed by atoms with van der Waals surface area (Å²) in [6, 6.07) is 32.8. The standard InChI is InChI=1S/C31H40O/c1-4-5-6-7-8-9-19-26-30(2,32-3)31(27-20-13-10-14-21-27,28-22-15-11-16-23-28)29-24-17-12-18-25-29/h10-18,20-25H,4-9,19,26H2,1-3H3. The molecule has 1 unspecified atom stereocenters. The minimum absolute atomic E-state index is 0.388. The smallest absolute Gasteiger partial charge is 0.0828 e. The first-order valence-electron chi connectivity index (χ1n) is 12.4. The fourth-order valence-corrected chi connectivity index (χ4v) is 5.34. The van der Waals surface area contributed by atoms with Crippen molar-refractivity contribution in [2.45, 2.75) is 76.2 Å². The maximum Gasteiger partial charge on any atom is 0.0828 e. The van der Waals surface area contributed by atoms with Crippen LogP contribution in [0.3, 0.4) is 0 Å². The van der Waals surface area contributed by atoms with Crippen molar-refractivity contribution in [3.63, 3.8) is 0 Å². The number of rotatable bonds is 13. The molecular weight excluding hydrogens is 388 g/mol. The van der Waals surface area contributed by atoms with Crippen molar-refractivity contribution in [1.29, 1.82) is 0 Å². The van der Waals surface area contributed by atoms with Gasteiger partial charge in [0.1, 0.15) is 0 Å². The largest absolute Gasteiger partial charge is 0.377 e. The summed E-state index contributed by atoms with van der Waals surface area (Å²) in [5.74, 6) is 0. The van der Waals surface area contributed by atoms with Crippen LogP contribution in [0.25, 0.3) is 0 Å². The molecule has 3 aromatic rings. The van der Waals surface area contributed by atoms with Crippen LogP contribution in [0.15, 0.2) is 91.0 Å². The lowest BCUT2D eigenvalue weighted by Gasteiger charge is -2.49. The summed E-state index contributed by atoms with van der Waals surface area (Å²) in [4.78, 5) is 0. The molecule has 0 bridgehead atoms. The van der Waals surface area contributed by atoms with Crippen LogP contribution >= 0.6 is 0 Å². The molecule has 0 heterocycles. The highest BCUT2D eigenvalue weighted by Gasteiger charge is 2.51. The minimum atomic E-state index is -0.395. The number of unbranched alkanes of at least 4 members (excludes halogenated alkanes) is 6. The number of methoxy groups -OCH3 is 1. The number of ether oxygens (including phenoxy) is 1. The quantitative estimate of drug-likeness (QED) is 0.196. The lowest BCUT2D eigenvalue weighted by Crippen LogP contribution is -2.52. The molecule has 0 saturated heterocycles. The van der Waals surface area contributed by atoms with Crippen molar-refractivity contribution in [2.24, 2.45) is 0 Å². The monoisotopic (exact) mass is 428 g/mol. The van der Waals surface area contributed by atoms with Crippen LogP contribution in [0.2, 0.25) is 0 Å². The van der Waals surface area contributed by atoms with Gasteiger partial charge in [-0.05, 0) is 30.0 Å².